The first-order valence-corrected chi connectivity index (χ1v) is 5.28. The van der Waals surface area contributed by atoms with Crippen LogP contribution in [0.5, 0.6) is 0 Å². The van der Waals surface area contributed by atoms with Crippen molar-refractivity contribution < 1.29 is 14.6 Å². The van der Waals surface area contributed by atoms with Gasteiger partial charge < -0.3 is 14.6 Å². The molecule has 0 bridgehead atoms. The van der Waals surface area contributed by atoms with Gasteiger partial charge >= 0.3 is 0 Å². The molecule has 0 aromatic carbocycles. The third-order valence-corrected chi connectivity index (χ3v) is 3.01. The van der Waals surface area contributed by atoms with Crippen LogP contribution in [0.4, 0.5) is 0 Å². The molecule has 13 heavy (non-hydrogen) atoms. The van der Waals surface area contributed by atoms with Crippen LogP contribution in [0.1, 0.15) is 32.1 Å². The molecule has 3 nitrogen and oxygen atoms in total. The van der Waals surface area contributed by atoms with Gasteiger partial charge in [-0.3, -0.25) is 0 Å². The second kappa shape index (κ2) is 4.40. The summed E-state index contributed by atoms with van der Waals surface area (Å²) in [6.07, 6.45) is 6.30. The Kier molecular flexibility index (Phi) is 3.19. The van der Waals surface area contributed by atoms with E-state index in [-0.39, 0.29) is 19.0 Å². The molecule has 1 N–H and O–H groups in total. The van der Waals surface area contributed by atoms with Crippen molar-refractivity contribution in [3.8, 4) is 0 Å². The van der Waals surface area contributed by atoms with Gasteiger partial charge in [-0.25, -0.2) is 0 Å². The van der Waals surface area contributed by atoms with E-state index in [9.17, 15) is 0 Å². The first kappa shape index (κ1) is 9.44. The second-order valence-electron chi connectivity index (χ2n) is 4.04. The van der Waals surface area contributed by atoms with Gasteiger partial charge in [-0.05, 0) is 12.8 Å². The third-order valence-electron chi connectivity index (χ3n) is 3.01. The largest absolute Gasteiger partial charge is 0.394 e. The van der Waals surface area contributed by atoms with Crippen molar-refractivity contribution >= 4 is 0 Å². The molecule has 1 aliphatic heterocycles. The summed E-state index contributed by atoms with van der Waals surface area (Å²) in [7, 11) is 0. The van der Waals surface area contributed by atoms with Crippen LogP contribution in [-0.2, 0) is 9.47 Å². The summed E-state index contributed by atoms with van der Waals surface area (Å²) >= 11 is 0. The van der Waals surface area contributed by atoms with Gasteiger partial charge in [0.2, 0.25) is 0 Å². The number of aliphatic hydroxyl groups excluding tert-OH is 1. The monoisotopic (exact) mass is 186 g/mol. The molecule has 2 rings (SSSR count). The quantitative estimate of drug-likeness (QED) is 0.706. The van der Waals surface area contributed by atoms with E-state index < -0.39 is 0 Å². The Labute approximate surface area is 79.0 Å². The maximum Gasteiger partial charge on any atom is 0.161 e. The fourth-order valence-electron chi connectivity index (χ4n) is 2.22. The fourth-order valence-corrected chi connectivity index (χ4v) is 2.22. The predicted molar refractivity (Wildman–Crippen MR) is 48.3 cm³/mol. The van der Waals surface area contributed by atoms with E-state index in [1.165, 1.54) is 32.1 Å². The van der Waals surface area contributed by atoms with Crippen LogP contribution in [0.25, 0.3) is 0 Å². The standard InChI is InChI=1S/C10H18O3/c11-6-9-7-12-10(13-9)8-4-2-1-3-5-8/h8-11H,1-7H2. The third kappa shape index (κ3) is 2.22. The lowest BCUT2D eigenvalue weighted by atomic mass is 9.89. The normalized spacial score (nSPS) is 36.7. The van der Waals surface area contributed by atoms with Gasteiger partial charge in [-0.1, -0.05) is 19.3 Å². The molecule has 0 amide bonds. The van der Waals surface area contributed by atoms with Crippen molar-refractivity contribution in [1.29, 1.82) is 0 Å². The van der Waals surface area contributed by atoms with Gasteiger partial charge in [0.25, 0.3) is 0 Å². The Bertz CT molecular complexity index is 154. The number of hydrogen-bond donors (Lipinski definition) is 1. The average Bonchev–Trinajstić information content (AvgIpc) is 2.67. The predicted octanol–water partition coefficient (Wildman–Crippen LogP) is 1.30. The molecule has 0 aromatic rings. The number of ether oxygens (including phenoxy) is 2. The molecule has 76 valence electrons. The Hall–Kier alpha value is -0.120. The number of aliphatic hydroxyl groups is 1. The van der Waals surface area contributed by atoms with E-state index in [0.717, 1.165) is 0 Å². The maximum absolute atomic E-state index is 8.88. The van der Waals surface area contributed by atoms with Crippen molar-refractivity contribution in [2.45, 2.75) is 44.5 Å². The highest BCUT2D eigenvalue weighted by molar-refractivity contribution is 4.74. The van der Waals surface area contributed by atoms with Crippen LogP contribution >= 0.6 is 0 Å². The minimum atomic E-state index is -0.0769. The van der Waals surface area contributed by atoms with E-state index in [2.05, 4.69) is 0 Å². The fraction of sp³-hybridized carbons (Fsp3) is 1.00. The molecule has 0 aromatic heterocycles. The summed E-state index contributed by atoms with van der Waals surface area (Å²) < 4.78 is 11.1. The zero-order valence-electron chi connectivity index (χ0n) is 7.95. The molecule has 0 spiro atoms. The molecular weight excluding hydrogens is 168 g/mol. The highest BCUT2D eigenvalue weighted by Crippen LogP contribution is 2.31. The Balaban J connectivity index is 1.80. The van der Waals surface area contributed by atoms with Crippen molar-refractivity contribution in [1.82, 2.24) is 0 Å². The van der Waals surface area contributed by atoms with E-state index in [1.807, 2.05) is 0 Å². The SMILES string of the molecule is OCC1COC(C2CCCCC2)O1. The van der Waals surface area contributed by atoms with Gasteiger partial charge in [0.05, 0.1) is 13.2 Å². The highest BCUT2D eigenvalue weighted by atomic mass is 16.7. The molecule has 1 heterocycles. The smallest absolute Gasteiger partial charge is 0.161 e. The highest BCUT2D eigenvalue weighted by Gasteiger charge is 2.32. The van der Waals surface area contributed by atoms with Crippen molar-refractivity contribution in [2.75, 3.05) is 13.2 Å². The van der Waals surface area contributed by atoms with Gasteiger partial charge in [0, 0.05) is 5.92 Å². The lowest BCUT2D eigenvalue weighted by Gasteiger charge is -2.25. The summed E-state index contributed by atoms with van der Waals surface area (Å²) in [6.45, 7) is 0.654. The lowest BCUT2D eigenvalue weighted by molar-refractivity contribution is -0.109. The van der Waals surface area contributed by atoms with Gasteiger partial charge in [0.15, 0.2) is 6.29 Å². The topological polar surface area (TPSA) is 38.7 Å². The zero-order chi connectivity index (χ0) is 9.10. The first-order valence-electron chi connectivity index (χ1n) is 5.28. The molecule has 2 unspecified atom stereocenters. The Morgan fingerprint density at radius 3 is 2.54 bits per heavy atom. The Morgan fingerprint density at radius 2 is 1.92 bits per heavy atom. The molecule has 1 aliphatic carbocycles. The van der Waals surface area contributed by atoms with Crippen LogP contribution in [0.2, 0.25) is 0 Å². The van der Waals surface area contributed by atoms with Crippen LogP contribution in [-0.4, -0.2) is 30.7 Å². The number of rotatable bonds is 2. The van der Waals surface area contributed by atoms with Crippen molar-refractivity contribution in [3.63, 3.8) is 0 Å². The summed E-state index contributed by atoms with van der Waals surface area (Å²) in [4.78, 5) is 0. The minimum absolute atomic E-state index is 0.0301. The lowest BCUT2D eigenvalue weighted by Crippen LogP contribution is -2.25. The number of hydrogen-bond acceptors (Lipinski definition) is 3. The second-order valence-corrected chi connectivity index (χ2v) is 4.04. The van der Waals surface area contributed by atoms with Gasteiger partial charge in [0.1, 0.15) is 6.10 Å². The van der Waals surface area contributed by atoms with Crippen LogP contribution in [0, 0.1) is 5.92 Å². The zero-order valence-corrected chi connectivity index (χ0v) is 7.95. The van der Waals surface area contributed by atoms with E-state index in [0.29, 0.717) is 12.5 Å². The molecule has 1 saturated carbocycles. The van der Waals surface area contributed by atoms with Crippen LogP contribution < -0.4 is 0 Å². The molecule has 0 radical (unpaired) electrons. The van der Waals surface area contributed by atoms with E-state index in [4.69, 9.17) is 14.6 Å². The summed E-state index contributed by atoms with van der Waals surface area (Å²) in [5, 5.41) is 8.88. The first-order chi connectivity index (χ1) is 6.40. The van der Waals surface area contributed by atoms with Crippen molar-refractivity contribution in [3.05, 3.63) is 0 Å². The van der Waals surface area contributed by atoms with Gasteiger partial charge in [-0.15, -0.1) is 0 Å². The Morgan fingerprint density at radius 1 is 1.15 bits per heavy atom. The molecular formula is C10H18O3. The molecule has 3 heteroatoms. The maximum atomic E-state index is 8.88. The molecule has 2 aliphatic rings. The molecule has 2 atom stereocenters. The van der Waals surface area contributed by atoms with Crippen LogP contribution in [0.3, 0.4) is 0 Å². The van der Waals surface area contributed by atoms with Gasteiger partial charge in [-0.2, -0.15) is 0 Å². The van der Waals surface area contributed by atoms with E-state index >= 15 is 0 Å². The summed E-state index contributed by atoms with van der Waals surface area (Å²) in [5.74, 6) is 0.574. The summed E-state index contributed by atoms with van der Waals surface area (Å²) in [6, 6.07) is 0. The van der Waals surface area contributed by atoms with Crippen molar-refractivity contribution in [2.24, 2.45) is 5.92 Å². The molecule has 1 saturated heterocycles. The minimum Gasteiger partial charge on any atom is -0.394 e. The van der Waals surface area contributed by atoms with E-state index in [1.54, 1.807) is 0 Å². The van der Waals surface area contributed by atoms with Crippen LogP contribution in [0.15, 0.2) is 0 Å². The average molecular weight is 186 g/mol. The molecule has 2 fully saturated rings. The summed E-state index contributed by atoms with van der Waals surface area (Å²) in [5.41, 5.74) is 0.